The quantitative estimate of drug-likeness (QED) is 0.740. The molecule has 0 aromatic heterocycles. The highest BCUT2D eigenvalue weighted by molar-refractivity contribution is 7.89. The number of nitrogens with two attached hydrogens (primary N) is 1. The fraction of sp³-hybridized carbons (Fsp3) is 0.278. The van der Waals surface area contributed by atoms with Gasteiger partial charge in [-0.3, -0.25) is 4.79 Å². The van der Waals surface area contributed by atoms with Crippen LogP contribution < -0.4 is 24.7 Å². The fourth-order valence-corrected chi connectivity index (χ4v) is 3.25. The lowest BCUT2D eigenvalue weighted by Gasteiger charge is -2.17. The predicted molar refractivity (Wildman–Crippen MR) is 99.8 cm³/mol. The van der Waals surface area contributed by atoms with E-state index in [2.05, 4.69) is 5.32 Å². The van der Waals surface area contributed by atoms with Crippen molar-refractivity contribution < 1.29 is 27.4 Å². The Kier molecular flexibility index (Phi) is 6.29. The molecule has 0 fully saturated rings. The van der Waals surface area contributed by atoms with Gasteiger partial charge in [-0.15, -0.1) is 0 Å². The van der Waals surface area contributed by atoms with E-state index in [1.165, 1.54) is 39.5 Å². The molecule has 0 unspecified atom stereocenters. The molecule has 2 rings (SSSR count). The number of primary sulfonamides is 1. The number of ether oxygens (including phenoxy) is 3. The average molecular weight is 394 g/mol. The molecule has 1 amide bonds. The van der Waals surface area contributed by atoms with Crippen molar-refractivity contribution in [2.45, 2.75) is 17.9 Å². The van der Waals surface area contributed by atoms with Crippen LogP contribution in [0.5, 0.6) is 17.2 Å². The molecule has 1 atom stereocenters. The Balaban J connectivity index is 2.27. The van der Waals surface area contributed by atoms with Crippen LogP contribution in [0.2, 0.25) is 0 Å². The number of benzene rings is 2. The first-order chi connectivity index (χ1) is 12.7. The predicted octanol–water partition coefficient (Wildman–Crippen LogP) is 1.85. The van der Waals surface area contributed by atoms with Gasteiger partial charge in [0.05, 0.1) is 27.4 Å². The van der Waals surface area contributed by atoms with Gasteiger partial charge < -0.3 is 19.5 Å². The number of amides is 1. The van der Waals surface area contributed by atoms with E-state index in [9.17, 15) is 13.2 Å². The Morgan fingerprint density at radius 2 is 1.56 bits per heavy atom. The minimum absolute atomic E-state index is 0.0713. The maximum absolute atomic E-state index is 12.5. The standard InChI is InChI=1S/C18H22N2O6S/c1-11(12-5-7-14(24-2)16(9-12)26-4)20-18(21)13-6-8-15(25-3)17(10-13)27(19,22)23/h5-11H,1-4H3,(H,20,21)(H2,19,22,23)/t11-/m1/s1. The number of rotatable bonds is 7. The number of sulfonamides is 1. The molecule has 0 aliphatic heterocycles. The fourth-order valence-electron chi connectivity index (χ4n) is 2.53. The van der Waals surface area contributed by atoms with Crippen molar-refractivity contribution in [2.24, 2.45) is 5.14 Å². The van der Waals surface area contributed by atoms with Gasteiger partial charge in [0.15, 0.2) is 11.5 Å². The molecule has 3 N–H and O–H groups in total. The lowest BCUT2D eigenvalue weighted by atomic mass is 10.1. The highest BCUT2D eigenvalue weighted by Crippen LogP contribution is 2.30. The molecule has 2 aromatic rings. The molecule has 0 heterocycles. The monoisotopic (exact) mass is 394 g/mol. The van der Waals surface area contributed by atoms with Crippen molar-refractivity contribution in [3.05, 3.63) is 47.5 Å². The van der Waals surface area contributed by atoms with E-state index in [4.69, 9.17) is 19.3 Å². The van der Waals surface area contributed by atoms with Gasteiger partial charge >= 0.3 is 0 Å². The number of hydrogen-bond acceptors (Lipinski definition) is 6. The van der Waals surface area contributed by atoms with Crippen molar-refractivity contribution in [1.29, 1.82) is 0 Å². The van der Waals surface area contributed by atoms with Gasteiger partial charge in [0.1, 0.15) is 10.6 Å². The van der Waals surface area contributed by atoms with Gasteiger partial charge in [-0.05, 0) is 42.8 Å². The molecular weight excluding hydrogens is 372 g/mol. The molecule has 27 heavy (non-hydrogen) atoms. The lowest BCUT2D eigenvalue weighted by Crippen LogP contribution is -2.27. The van der Waals surface area contributed by atoms with Gasteiger partial charge in [0.25, 0.3) is 5.91 Å². The van der Waals surface area contributed by atoms with E-state index in [0.29, 0.717) is 11.5 Å². The summed E-state index contributed by atoms with van der Waals surface area (Å²) in [6.07, 6.45) is 0. The smallest absolute Gasteiger partial charge is 0.251 e. The molecular formula is C18H22N2O6S. The molecule has 9 heteroatoms. The van der Waals surface area contributed by atoms with Crippen LogP contribution >= 0.6 is 0 Å². The maximum Gasteiger partial charge on any atom is 0.251 e. The Morgan fingerprint density at radius 3 is 2.11 bits per heavy atom. The summed E-state index contributed by atoms with van der Waals surface area (Å²) in [5, 5.41) is 7.99. The van der Waals surface area contributed by atoms with E-state index >= 15 is 0 Å². The van der Waals surface area contributed by atoms with Gasteiger partial charge in [-0.1, -0.05) is 6.07 Å². The largest absolute Gasteiger partial charge is 0.495 e. The third-order valence-electron chi connectivity index (χ3n) is 3.99. The van der Waals surface area contributed by atoms with Crippen LogP contribution in [0, 0.1) is 0 Å². The zero-order valence-electron chi connectivity index (χ0n) is 15.5. The van der Waals surface area contributed by atoms with Crippen LogP contribution in [-0.4, -0.2) is 35.7 Å². The number of hydrogen-bond donors (Lipinski definition) is 2. The summed E-state index contributed by atoms with van der Waals surface area (Å²) in [7, 11) is 0.350. The minimum atomic E-state index is -4.03. The Bertz CT molecular complexity index is 943. The van der Waals surface area contributed by atoms with Crippen molar-refractivity contribution in [3.63, 3.8) is 0 Å². The highest BCUT2D eigenvalue weighted by Gasteiger charge is 2.19. The van der Waals surface area contributed by atoms with E-state index in [0.717, 1.165) is 5.56 Å². The van der Waals surface area contributed by atoms with E-state index < -0.39 is 15.9 Å². The molecule has 0 aliphatic carbocycles. The van der Waals surface area contributed by atoms with Crippen molar-refractivity contribution in [3.8, 4) is 17.2 Å². The first-order valence-corrected chi connectivity index (χ1v) is 9.49. The number of carbonyl (C=O) groups excluding carboxylic acids is 1. The van der Waals surface area contributed by atoms with E-state index in [1.807, 2.05) is 0 Å². The second kappa shape index (κ2) is 8.28. The summed E-state index contributed by atoms with van der Waals surface area (Å²) in [4.78, 5) is 12.3. The van der Waals surface area contributed by atoms with Crippen LogP contribution in [0.1, 0.15) is 28.9 Å². The molecule has 0 saturated heterocycles. The van der Waals surface area contributed by atoms with Crippen LogP contribution in [0.25, 0.3) is 0 Å². The summed E-state index contributed by atoms with van der Waals surface area (Å²) in [6, 6.07) is 8.97. The zero-order valence-corrected chi connectivity index (χ0v) is 16.3. The molecule has 2 aromatic carbocycles. The van der Waals surface area contributed by atoms with E-state index in [1.54, 1.807) is 25.1 Å². The molecule has 0 radical (unpaired) electrons. The molecule has 0 aliphatic rings. The third-order valence-corrected chi connectivity index (χ3v) is 4.92. The van der Waals surface area contributed by atoms with Gasteiger partial charge in [-0.25, -0.2) is 13.6 Å². The Labute approximate surface area is 158 Å². The minimum Gasteiger partial charge on any atom is -0.495 e. The molecule has 146 valence electrons. The second-order valence-electron chi connectivity index (χ2n) is 5.72. The van der Waals surface area contributed by atoms with Gasteiger partial charge in [-0.2, -0.15) is 0 Å². The van der Waals surface area contributed by atoms with Crippen LogP contribution in [0.3, 0.4) is 0 Å². The van der Waals surface area contributed by atoms with Crippen LogP contribution in [-0.2, 0) is 10.0 Å². The summed E-state index contributed by atoms with van der Waals surface area (Å²) in [5.74, 6) is 0.733. The lowest BCUT2D eigenvalue weighted by molar-refractivity contribution is 0.0939. The molecule has 8 nitrogen and oxygen atoms in total. The number of nitrogens with one attached hydrogen (secondary N) is 1. The van der Waals surface area contributed by atoms with Crippen LogP contribution in [0.15, 0.2) is 41.3 Å². The summed E-state index contributed by atoms with van der Waals surface area (Å²) >= 11 is 0. The molecule has 0 saturated carbocycles. The third kappa shape index (κ3) is 4.69. The highest BCUT2D eigenvalue weighted by atomic mass is 32.2. The van der Waals surface area contributed by atoms with E-state index in [-0.39, 0.29) is 22.3 Å². The topological polar surface area (TPSA) is 117 Å². The normalized spacial score (nSPS) is 12.2. The second-order valence-corrected chi connectivity index (χ2v) is 7.25. The van der Waals surface area contributed by atoms with Crippen molar-refractivity contribution >= 4 is 15.9 Å². The van der Waals surface area contributed by atoms with Crippen LogP contribution in [0.4, 0.5) is 0 Å². The molecule has 0 spiro atoms. The Morgan fingerprint density at radius 1 is 0.963 bits per heavy atom. The van der Waals surface area contributed by atoms with Crippen molar-refractivity contribution in [1.82, 2.24) is 5.32 Å². The maximum atomic E-state index is 12.5. The van der Waals surface area contributed by atoms with Gasteiger partial charge in [0, 0.05) is 5.56 Å². The number of methoxy groups -OCH3 is 3. The molecule has 0 bridgehead atoms. The Hall–Kier alpha value is -2.78. The van der Waals surface area contributed by atoms with Crippen molar-refractivity contribution in [2.75, 3.05) is 21.3 Å². The summed E-state index contributed by atoms with van der Waals surface area (Å²) in [5.41, 5.74) is 0.938. The zero-order chi connectivity index (χ0) is 20.2. The first kappa shape index (κ1) is 20.5. The summed E-state index contributed by atoms with van der Waals surface area (Å²) < 4.78 is 38.9. The number of carbonyl (C=O) groups is 1. The SMILES string of the molecule is COc1ccc([C@@H](C)NC(=O)c2ccc(OC)c(S(N)(=O)=O)c2)cc1OC. The first-order valence-electron chi connectivity index (χ1n) is 7.95. The average Bonchev–Trinajstić information content (AvgIpc) is 2.65. The summed E-state index contributed by atoms with van der Waals surface area (Å²) in [6.45, 7) is 1.79. The van der Waals surface area contributed by atoms with Gasteiger partial charge in [0.2, 0.25) is 10.0 Å².